The number of hydrogen-bond acceptors (Lipinski definition) is 4. The molecule has 0 atom stereocenters. The van der Waals surface area contributed by atoms with Gasteiger partial charge in [0, 0.05) is 36.8 Å². The highest BCUT2D eigenvalue weighted by atomic mass is 16.6. The number of benzene rings is 2. The molecule has 26 heavy (non-hydrogen) atoms. The van der Waals surface area contributed by atoms with E-state index >= 15 is 0 Å². The highest BCUT2D eigenvalue weighted by Crippen LogP contribution is 2.32. The second kappa shape index (κ2) is 7.07. The van der Waals surface area contributed by atoms with Crippen LogP contribution in [0.15, 0.2) is 42.5 Å². The van der Waals surface area contributed by atoms with Crippen molar-refractivity contribution in [2.45, 2.75) is 19.4 Å². The van der Waals surface area contributed by atoms with Crippen LogP contribution in [0.3, 0.4) is 0 Å². The third kappa shape index (κ3) is 3.49. The molecule has 1 saturated heterocycles. The molecule has 0 saturated carbocycles. The Morgan fingerprint density at radius 2 is 1.81 bits per heavy atom. The van der Waals surface area contributed by atoms with Gasteiger partial charge in [-0.05, 0) is 36.2 Å². The van der Waals surface area contributed by atoms with Crippen molar-refractivity contribution in [1.82, 2.24) is 4.90 Å². The molecule has 0 unspecified atom stereocenters. The van der Waals surface area contributed by atoms with E-state index in [1.165, 1.54) is 0 Å². The molecule has 2 amide bonds. The number of rotatable bonds is 4. The predicted octanol–water partition coefficient (Wildman–Crippen LogP) is 2.83. The zero-order valence-corrected chi connectivity index (χ0v) is 14.4. The minimum Gasteiger partial charge on any atom is -0.486 e. The molecule has 0 aliphatic carbocycles. The Hall–Kier alpha value is -3.02. The van der Waals surface area contributed by atoms with E-state index in [0.717, 1.165) is 18.5 Å². The van der Waals surface area contributed by atoms with Crippen LogP contribution in [0.4, 0.5) is 5.69 Å². The Balaban J connectivity index is 1.41. The SMILES string of the molecule is O=C(Nc1ccc2c(c1)OCCO2)c1ccc(CN2CCCC2=O)cc1. The van der Waals surface area contributed by atoms with Crippen molar-refractivity contribution in [3.63, 3.8) is 0 Å². The minimum absolute atomic E-state index is 0.189. The lowest BCUT2D eigenvalue weighted by Gasteiger charge is -2.19. The van der Waals surface area contributed by atoms with Crippen LogP contribution in [0.25, 0.3) is 0 Å². The van der Waals surface area contributed by atoms with E-state index in [1.54, 1.807) is 30.3 Å². The van der Waals surface area contributed by atoms with Gasteiger partial charge in [-0.3, -0.25) is 9.59 Å². The van der Waals surface area contributed by atoms with Gasteiger partial charge in [0.2, 0.25) is 5.91 Å². The number of nitrogens with one attached hydrogen (secondary N) is 1. The summed E-state index contributed by atoms with van der Waals surface area (Å²) in [6, 6.07) is 12.7. The van der Waals surface area contributed by atoms with E-state index in [0.29, 0.717) is 48.9 Å². The lowest BCUT2D eigenvalue weighted by Crippen LogP contribution is -2.23. The number of nitrogens with zero attached hydrogens (tertiary/aromatic N) is 1. The van der Waals surface area contributed by atoms with Gasteiger partial charge in [0.1, 0.15) is 13.2 Å². The molecule has 134 valence electrons. The Morgan fingerprint density at radius 3 is 2.54 bits per heavy atom. The fourth-order valence-electron chi connectivity index (χ4n) is 3.18. The molecule has 4 rings (SSSR count). The Labute approximate surface area is 151 Å². The Morgan fingerprint density at radius 1 is 1.04 bits per heavy atom. The molecule has 1 N–H and O–H groups in total. The van der Waals surface area contributed by atoms with Crippen LogP contribution >= 0.6 is 0 Å². The second-order valence-electron chi connectivity index (χ2n) is 6.43. The summed E-state index contributed by atoms with van der Waals surface area (Å²) in [6.45, 7) is 2.45. The number of likely N-dealkylation sites (tertiary alicyclic amines) is 1. The molecule has 0 bridgehead atoms. The van der Waals surface area contributed by atoms with E-state index in [4.69, 9.17) is 9.47 Å². The van der Waals surface area contributed by atoms with Gasteiger partial charge in [-0.2, -0.15) is 0 Å². The van der Waals surface area contributed by atoms with Gasteiger partial charge in [0.05, 0.1) is 0 Å². The van der Waals surface area contributed by atoms with Crippen LogP contribution in [0.5, 0.6) is 11.5 Å². The summed E-state index contributed by atoms with van der Waals surface area (Å²) in [5, 5.41) is 2.87. The number of hydrogen-bond donors (Lipinski definition) is 1. The Kier molecular flexibility index (Phi) is 4.48. The summed E-state index contributed by atoms with van der Waals surface area (Å²) >= 11 is 0. The molecular formula is C20H20N2O4. The second-order valence-corrected chi connectivity index (χ2v) is 6.43. The lowest BCUT2D eigenvalue weighted by molar-refractivity contribution is -0.128. The molecule has 2 aliphatic rings. The number of carbonyl (C=O) groups excluding carboxylic acids is 2. The van der Waals surface area contributed by atoms with Gasteiger partial charge in [-0.25, -0.2) is 0 Å². The van der Waals surface area contributed by atoms with Crippen LogP contribution in [-0.4, -0.2) is 36.5 Å². The van der Waals surface area contributed by atoms with Crippen molar-refractivity contribution in [2.75, 3.05) is 25.1 Å². The summed E-state index contributed by atoms with van der Waals surface area (Å²) in [4.78, 5) is 26.0. The maximum absolute atomic E-state index is 12.4. The highest BCUT2D eigenvalue weighted by molar-refractivity contribution is 6.04. The third-order valence-electron chi connectivity index (χ3n) is 4.56. The first-order valence-corrected chi connectivity index (χ1v) is 8.77. The summed E-state index contributed by atoms with van der Waals surface area (Å²) in [7, 11) is 0. The summed E-state index contributed by atoms with van der Waals surface area (Å²) < 4.78 is 11.0. The van der Waals surface area contributed by atoms with Gasteiger partial charge >= 0.3 is 0 Å². The molecule has 1 fully saturated rings. The van der Waals surface area contributed by atoms with Crippen LogP contribution in [-0.2, 0) is 11.3 Å². The van der Waals surface area contributed by atoms with E-state index in [2.05, 4.69) is 5.32 Å². The van der Waals surface area contributed by atoms with E-state index < -0.39 is 0 Å². The summed E-state index contributed by atoms with van der Waals surface area (Å²) in [5.74, 6) is 1.34. The fourth-order valence-corrected chi connectivity index (χ4v) is 3.18. The summed E-state index contributed by atoms with van der Waals surface area (Å²) in [6.07, 6.45) is 1.56. The van der Waals surface area contributed by atoms with E-state index in [9.17, 15) is 9.59 Å². The normalized spacial score (nSPS) is 15.8. The number of anilines is 1. The monoisotopic (exact) mass is 352 g/mol. The van der Waals surface area contributed by atoms with Crippen molar-refractivity contribution < 1.29 is 19.1 Å². The molecule has 2 aromatic carbocycles. The van der Waals surface area contributed by atoms with E-state index in [1.807, 2.05) is 17.0 Å². The Bertz CT molecular complexity index is 832. The standard InChI is InChI=1S/C20H20N2O4/c23-19-2-1-9-22(19)13-14-3-5-15(6-4-14)20(24)21-16-7-8-17-18(12-16)26-11-10-25-17/h3-8,12H,1-2,9-11,13H2,(H,21,24). The average molecular weight is 352 g/mol. The van der Waals surface area contributed by atoms with Crippen molar-refractivity contribution in [3.05, 3.63) is 53.6 Å². The zero-order valence-electron chi connectivity index (χ0n) is 14.4. The van der Waals surface area contributed by atoms with Crippen LogP contribution in [0.1, 0.15) is 28.8 Å². The van der Waals surface area contributed by atoms with Gasteiger partial charge in [0.25, 0.3) is 5.91 Å². The third-order valence-corrected chi connectivity index (χ3v) is 4.56. The van der Waals surface area contributed by atoms with Crippen LogP contribution in [0, 0.1) is 0 Å². The number of carbonyl (C=O) groups is 2. The van der Waals surface area contributed by atoms with Gasteiger partial charge in [-0.1, -0.05) is 12.1 Å². The molecule has 0 aromatic heterocycles. The number of amides is 2. The molecule has 2 aromatic rings. The van der Waals surface area contributed by atoms with Gasteiger partial charge < -0.3 is 19.7 Å². The molecule has 2 aliphatic heterocycles. The summed E-state index contributed by atoms with van der Waals surface area (Å²) in [5.41, 5.74) is 2.25. The first-order chi connectivity index (χ1) is 12.7. The zero-order chi connectivity index (χ0) is 17.9. The first-order valence-electron chi connectivity index (χ1n) is 8.77. The van der Waals surface area contributed by atoms with Crippen molar-refractivity contribution in [3.8, 4) is 11.5 Å². The molecule has 0 radical (unpaired) electrons. The maximum Gasteiger partial charge on any atom is 0.255 e. The van der Waals surface area contributed by atoms with E-state index in [-0.39, 0.29) is 11.8 Å². The molecular weight excluding hydrogens is 332 g/mol. The maximum atomic E-state index is 12.4. The first kappa shape index (κ1) is 16.4. The molecule has 6 heteroatoms. The smallest absolute Gasteiger partial charge is 0.255 e. The van der Waals surface area contributed by atoms with Crippen LogP contribution < -0.4 is 14.8 Å². The largest absolute Gasteiger partial charge is 0.486 e. The molecule has 2 heterocycles. The molecule has 0 spiro atoms. The minimum atomic E-state index is -0.189. The highest BCUT2D eigenvalue weighted by Gasteiger charge is 2.20. The molecule has 6 nitrogen and oxygen atoms in total. The van der Waals surface area contributed by atoms with Crippen LogP contribution in [0.2, 0.25) is 0 Å². The number of fused-ring (bicyclic) bond motifs is 1. The predicted molar refractivity (Wildman–Crippen MR) is 96.5 cm³/mol. The fraction of sp³-hybridized carbons (Fsp3) is 0.300. The number of ether oxygens (including phenoxy) is 2. The van der Waals surface area contributed by atoms with Crippen molar-refractivity contribution in [2.24, 2.45) is 0 Å². The van der Waals surface area contributed by atoms with Crippen molar-refractivity contribution in [1.29, 1.82) is 0 Å². The van der Waals surface area contributed by atoms with Crippen molar-refractivity contribution >= 4 is 17.5 Å². The topological polar surface area (TPSA) is 67.9 Å². The average Bonchev–Trinajstić information content (AvgIpc) is 3.07. The lowest BCUT2D eigenvalue weighted by atomic mass is 10.1. The van der Waals surface area contributed by atoms with Gasteiger partial charge in [-0.15, -0.1) is 0 Å². The van der Waals surface area contributed by atoms with Gasteiger partial charge in [0.15, 0.2) is 11.5 Å². The quantitative estimate of drug-likeness (QED) is 0.919.